The number of piperidine rings is 1. The van der Waals surface area contributed by atoms with Crippen molar-refractivity contribution in [3.05, 3.63) is 52.5 Å². The molecule has 4 rings (SSSR count). The Bertz CT molecular complexity index is 759. The summed E-state index contributed by atoms with van der Waals surface area (Å²) in [4.78, 5) is 14.9. The number of nitrogens with zero attached hydrogens (tertiary/aromatic N) is 1. The minimum atomic E-state index is -0.439. The first-order chi connectivity index (χ1) is 12.7. The van der Waals surface area contributed by atoms with E-state index >= 15 is 0 Å². The van der Waals surface area contributed by atoms with E-state index in [0.29, 0.717) is 6.54 Å². The topological polar surface area (TPSA) is 41.6 Å². The molecule has 4 nitrogen and oxygen atoms in total. The second kappa shape index (κ2) is 7.37. The second-order valence-electron chi connectivity index (χ2n) is 7.20. The highest BCUT2D eigenvalue weighted by Crippen LogP contribution is 2.56. The molecule has 1 aliphatic heterocycles. The van der Waals surface area contributed by atoms with Gasteiger partial charge in [-0.15, -0.1) is 0 Å². The Hall–Kier alpha value is -1.92. The van der Waals surface area contributed by atoms with Crippen molar-refractivity contribution < 1.29 is 13.9 Å². The molecule has 1 aromatic heterocycles. The van der Waals surface area contributed by atoms with Crippen LogP contribution >= 0.6 is 11.3 Å². The smallest absolute Gasteiger partial charge is 0.261 e. The highest BCUT2D eigenvalue weighted by atomic mass is 32.1. The van der Waals surface area contributed by atoms with E-state index in [2.05, 4.69) is 16.8 Å². The number of hydrogen-bond acceptors (Lipinski definition) is 4. The van der Waals surface area contributed by atoms with Crippen LogP contribution in [0, 0.1) is 11.2 Å². The number of thiophene rings is 1. The van der Waals surface area contributed by atoms with Gasteiger partial charge in [-0.3, -0.25) is 4.79 Å². The molecule has 1 spiro atoms. The lowest BCUT2D eigenvalue weighted by Gasteiger charge is -2.29. The highest BCUT2D eigenvalue weighted by molar-refractivity contribution is 7.07. The van der Waals surface area contributed by atoms with Crippen LogP contribution in [0.1, 0.15) is 24.8 Å². The van der Waals surface area contributed by atoms with Crippen molar-refractivity contribution in [1.82, 2.24) is 10.2 Å². The summed E-state index contributed by atoms with van der Waals surface area (Å²) in [6.45, 7) is 2.50. The van der Waals surface area contributed by atoms with E-state index in [9.17, 15) is 9.18 Å². The monoisotopic (exact) mass is 374 g/mol. The largest absolute Gasteiger partial charge is 0.481 e. The Kier molecular flexibility index (Phi) is 4.96. The van der Waals surface area contributed by atoms with Crippen LogP contribution in [0.5, 0.6) is 5.75 Å². The number of carbonyl (C=O) groups is 1. The number of halogens is 1. The maximum absolute atomic E-state index is 13.7. The van der Waals surface area contributed by atoms with E-state index in [4.69, 9.17) is 4.74 Å². The van der Waals surface area contributed by atoms with Gasteiger partial charge in [0.2, 0.25) is 0 Å². The normalized spacial score (nSPS) is 20.7. The van der Waals surface area contributed by atoms with Gasteiger partial charge in [-0.1, -0.05) is 12.1 Å². The van der Waals surface area contributed by atoms with E-state index in [1.807, 2.05) is 10.3 Å². The van der Waals surface area contributed by atoms with Crippen molar-refractivity contribution in [3.8, 4) is 5.75 Å². The summed E-state index contributed by atoms with van der Waals surface area (Å²) in [7, 11) is 0. The van der Waals surface area contributed by atoms with E-state index < -0.39 is 5.82 Å². The molecule has 1 unspecified atom stereocenters. The second-order valence-corrected chi connectivity index (χ2v) is 7.98. The standard InChI is InChI=1S/C20H23FN2O2S/c21-16-3-1-2-4-17(16)25-13-19(24)23(12-15-5-10-26-14-15)18-11-20(18)6-8-22-9-7-20/h1-5,10,14,18,22H,6-9,11-13H2. The number of benzene rings is 1. The van der Waals surface area contributed by atoms with Crippen LogP contribution in [0.3, 0.4) is 0 Å². The van der Waals surface area contributed by atoms with Gasteiger partial charge in [0, 0.05) is 12.6 Å². The maximum atomic E-state index is 13.7. The molecule has 1 saturated carbocycles. The van der Waals surface area contributed by atoms with Gasteiger partial charge in [-0.2, -0.15) is 11.3 Å². The summed E-state index contributed by atoms with van der Waals surface area (Å²) in [5.74, 6) is -0.380. The molecule has 1 aromatic carbocycles. The number of nitrogens with one attached hydrogen (secondary N) is 1. The van der Waals surface area contributed by atoms with Gasteiger partial charge in [0.1, 0.15) is 0 Å². The summed E-state index contributed by atoms with van der Waals surface area (Å²) in [6, 6.07) is 8.53. The van der Waals surface area contributed by atoms with Crippen molar-refractivity contribution in [2.24, 2.45) is 5.41 Å². The van der Waals surface area contributed by atoms with Gasteiger partial charge in [0.05, 0.1) is 0 Å². The Morgan fingerprint density at radius 2 is 2.12 bits per heavy atom. The van der Waals surface area contributed by atoms with Crippen molar-refractivity contribution in [2.75, 3.05) is 19.7 Å². The van der Waals surface area contributed by atoms with E-state index in [1.165, 1.54) is 6.07 Å². The summed E-state index contributed by atoms with van der Waals surface area (Å²) >= 11 is 1.64. The molecule has 0 radical (unpaired) electrons. The SMILES string of the molecule is O=C(COc1ccccc1F)N(Cc1ccsc1)C1CC12CCNCC2. The lowest BCUT2D eigenvalue weighted by atomic mass is 9.93. The third-order valence-corrected chi connectivity index (χ3v) is 6.30. The number of rotatable bonds is 6. The molecule has 138 valence electrons. The third kappa shape index (κ3) is 3.62. The summed E-state index contributed by atoms with van der Waals surface area (Å²) in [5, 5.41) is 7.51. The number of ether oxygens (including phenoxy) is 1. The molecule has 0 bridgehead atoms. The Labute approximate surface area is 157 Å². The first kappa shape index (κ1) is 17.5. The number of amides is 1. The Balaban J connectivity index is 1.45. The van der Waals surface area contributed by atoms with Crippen LogP contribution in [-0.2, 0) is 11.3 Å². The zero-order valence-electron chi connectivity index (χ0n) is 14.6. The quantitative estimate of drug-likeness (QED) is 0.842. The first-order valence-corrected chi connectivity index (χ1v) is 10.0. The zero-order valence-corrected chi connectivity index (χ0v) is 15.4. The highest BCUT2D eigenvalue weighted by Gasteiger charge is 2.57. The van der Waals surface area contributed by atoms with Crippen molar-refractivity contribution in [3.63, 3.8) is 0 Å². The number of carbonyl (C=O) groups excluding carboxylic acids is 1. The summed E-state index contributed by atoms with van der Waals surface area (Å²) in [6.07, 6.45) is 3.28. The fourth-order valence-electron chi connectivity index (χ4n) is 3.96. The minimum Gasteiger partial charge on any atom is -0.481 e. The van der Waals surface area contributed by atoms with Gasteiger partial charge >= 0.3 is 0 Å². The summed E-state index contributed by atoms with van der Waals surface area (Å²) in [5.41, 5.74) is 1.40. The van der Waals surface area contributed by atoms with Crippen LogP contribution in [0.15, 0.2) is 41.1 Å². The average molecular weight is 374 g/mol. The van der Waals surface area contributed by atoms with E-state index in [-0.39, 0.29) is 29.7 Å². The molecule has 6 heteroatoms. The fourth-order valence-corrected chi connectivity index (χ4v) is 4.62. The lowest BCUT2D eigenvalue weighted by molar-refractivity contribution is -0.135. The molecule has 2 aromatic rings. The molecule has 26 heavy (non-hydrogen) atoms. The van der Waals surface area contributed by atoms with Crippen molar-refractivity contribution in [2.45, 2.75) is 31.8 Å². The van der Waals surface area contributed by atoms with Crippen LogP contribution in [-0.4, -0.2) is 36.5 Å². The molecule has 1 aliphatic carbocycles. The molecule has 2 heterocycles. The summed E-state index contributed by atoms with van der Waals surface area (Å²) < 4.78 is 19.2. The third-order valence-electron chi connectivity index (χ3n) is 5.56. The maximum Gasteiger partial charge on any atom is 0.261 e. The lowest BCUT2D eigenvalue weighted by Crippen LogP contribution is -2.41. The van der Waals surface area contributed by atoms with Crippen LogP contribution < -0.4 is 10.1 Å². The first-order valence-electron chi connectivity index (χ1n) is 9.07. The zero-order chi connectivity index (χ0) is 18.0. The van der Waals surface area contributed by atoms with Gasteiger partial charge < -0.3 is 15.0 Å². The van der Waals surface area contributed by atoms with E-state index in [1.54, 1.807) is 29.5 Å². The molecular weight excluding hydrogens is 351 g/mol. The van der Waals surface area contributed by atoms with Crippen LogP contribution in [0.4, 0.5) is 4.39 Å². The molecule has 1 saturated heterocycles. The van der Waals surface area contributed by atoms with Gasteiger partial charge in [0.15, 0.2) is 18.2 Å². The predicted octanol–water partition coefficient (Wildman–Crippen LogP) is 3.44. The van der Waals surface area contributed by atoms with E-state index in [0.717, 1.165) is 37.9 Å². The molecule has 1 amide bonds. The molecular formula is C20H23FN2O2S. The number of para-hydroxylation sites is 1. The van der Waals surface area contributed by atoms with Gasteiger partial charge in [-0.05, 0) is 72.3 Å². The molecule has 1 atom stereocenters. The Morgan fingerprint density at radius 1 is 1.31 bits per heavy atom. The molecule has 2 aliphatic rings. The Morgan fingerprint density at radius 3 is 2.85 bits per heavy atom. The van der Waals surface area contributed by atoms with Crippen molar-refractivity contribution >= 4 is 17.2 Å². The van der Waals surface area contributed by atoms with Crippen LogP contribution in [0.25, 0.3) is 0 Å². The van der Waals surface area contributed by atoms with Crippen molar-refractivity contribution in [1.29, 1.82) is 0 Å². The van der Waals surface area contributed by atoms with Gasteiger partial charge in [-0.25, -0.2) is 4.39 Å². The molecule has 2 fully saturated rings. The van der Waals surface area contributed by atoms with Gasteiger partial charge in [0.25, 0.3) is 5.91 Å². The fraction of sp³-hybridized carbons (Fsp3) is 0.450. The van der Waals surface area contributed by atoms with Crippen LogP contribution in [0.2, 0.25) is 0 Å². The molecule has 1 N–H and O–H groups in total. The minimum absolute atomic E-state index is 0.0696. The average Bonchev–Trinajstić information content (AvgIpc) is 3.08. The predicted molar refractivity (Wildman–Crippen MR) is 99.7 cm³/mol. The number of hydrogen-bond donors (Lipinski definition) is 1.